The number of anilines is 2. The first-order chi connectivity index (χ1) is 7.22. The van der Waals surface area contributed by atoms with Crippen molar-refractivity contribution in [2.45, 2.75) is 0 Å². The molecule has 0 aliphatic heterocycles. The van der Waals surface area contributed by atoms with E-state index in [4.69, 9.17) is 16.7 Å². The van der Waals surface area contributed by atoms with Gasteiger partial charge in [0.05, 0.1) is 5.69 Å². The number of hydrogen-bond acceptors (Lipinski definition) is 5. The molecular formula is C9H8N6. The number of imidazole rings is 1. The molecule has 0 amide bonds. The molecular weight excluding hydrogens is 192 g/mol. The third-order valence-electron chi connectivity index (χ3n) is 1.93. The van der Waals surface area contributed by atoms with Crippen molar-refractivity contribution in [3.05, 3.63) is 30.4 Å². The predicted octanol–water partition coefficient (Wildman–Crippen LogP) is 0.303. The van der Waals surface area contributed by atoms with Gasteiger partial charge in [-0.1, -0.05) is 0 Å². The lowest BCUT2D eigenvalue weighted by molar-refractivity contribution is 0.971. The van der Waals surface area contributed by atoms with Crippen LogP contribution in [0.3, 0.4) is 0 Å². The molecule has 74 valence electrons. The highest BCUT2D eigenvalue weighted by Crippen LogP contribution is 2.15. The maximum absolute atomic E-state index is 8.78. The first-order valence-electron chi connectivity index (χ1n) is 4.18. The molecule has 0 atom stereocenters. The van der Waals surface area contributed by atoms with Gasteiger partial charge in [0.1, 0.15) is 17.7 Å². The zero-order valence-electron chi connectivity index (χ0n) is 7.75. The standard InChI is InChI=1S/C9H8N6/c10-5-8-13-3-4-15(8)7-2-1-6(11)9(12)14-7/h1-4H,11H2,(H2,12,14). The molecule has 0 bridgehead atoms. The van der Waals surface area contributed by atoms with Gasteiger partial charge in [0.2, 0.25) is 5.82 Å². The van der Waals surface area contributed by atoms with Gasteiger partial charge in [-0.05, 0) is 12.1 Å². The van der Waals surface area contributed by atoms with Gasteiger partial charge in [-0.15, -0.1) is 0 Å². The van der Waals surface area contributed by atoms with Crippen LogP contribution in [0.4, 0.5) is 11.5 Å². The summed E-state index contributed by atoms with van der Waals surface area (Å²) in [6.07, 6.45) is 3.16. The Morgan fingerprint density at radius 3 is 2.80 bits per heavy atom. The van der Waals surface area contributed by atoms with Gasteiger partial charge in [0.25, 0.3) is 0 Å². The van der Waals surface area contributed by atoms with Gasteiger partial charge in [0, 0.05) is 12.4 Å². The fourth-order valence-corrected chi connectivity index (χ4v) is 1.18. The summed E-state index contributed by atoms with van der Waals surface area (Å²) in [4.78, 5) is 7.90. The van der Waals surface area contributed by atoms with E-state index in [2.05, 4.69) is 9.97 Å². The Morgan fingerprint density at radius 1 is 1.33 bits per heavy atom. The van der Waals surface area contributed by atoms with Crippen LogP contribution < -0.4 is 11.5 Å². The van der Waals surface area contributed by atoms with Crippen molar-refractivity contribution >= 4 is 11.5 Å². The van der Waals surface area contributed by atoms with E-state index in [-0.39, 0.29) is 11.6 Å². The third kappa shape index (κ3) is 1.46. The topological polar surface area (TPSA) is 107 Å². The SMILES string of the molecule is N#Cc1nccn1-c1ccc(N)c(N)n1. The molecule has 0 fully saturated rings. The largest absolute Gasteiger partial charge is 0.396 e. The molecule has 0 spiro atoms. The van der Waals surface area contributed by atoms with E-state index in [1.165, 1.54) is 10.8 Å². The fraction of sp³-hybridized carbons (Fsp3) is 0. The van der Waals surface area contributed by atoms with Crippen molar-refractivity contribution in [1.29, 1.82) is 5.26 Å². The second kappa shape index (κ2) is 3.31. The Hall–Kier alpha value is -2.55. The number of rotatable bonds is 1. The van der Waals surface area contributed by atoms with Crippen molar-refractivity contribution in [2.24, 2.45) is 0 Å². The summed E-state index contributed by atoms with van der Waals surface area (Å²) in [5, 5.41) is 8.78. The molecule has 0 aromatic carbocycles. The highest BCUT2D eigenvalue weighted by Gasteiger charge is 2.06. The summed E-state index contributed by atoms with van der Waals surface area (Å²) < 4.78 is 1.54. The van der Waals surface area contributed by atoms with Crippen LogP contribution in [0.2, 0.25) is 0 Å². The normalized spacial score (nSPS) is 9.80. The summed E-state index contributed by atoms with van der Waals surface area (Å²) >= 11 is 0. The molecule has 6 nitrogen and oxygen atoms in total. The summed E-state index contributed by atoms with van der Waals surface area (Å²) in [6.45, 7) is 0. The van der Waals surface area contributed by atoms with E-state index < -0.39 is 0 Å². The lowest BCUT2D eigenvalue weighted by atomic mass is 10.4. The summed E-state index contributed by atoms with van der Waals surface area (Å²) in [5.74, 6) is 1.02. The van der Waals surface area contributed by atoms with Crippen LogP contribution in [0.5, 0.6) is 0 Å². The van der Waals surface area contributed by atoms with Gasteiger partial charge in [-0.25, -0.2) is 9.97 Å². The van der Waals surface area contributed by atoms with Crippen LogP contribution in [0.1, 0.15) is 5.82 Å². The minimum Gasteiger partial charge on any atom is -0.396 e. The van der Waals surface area contributed by atoms with E-state index in [1.807, 2.05) is 6.07 Å². The smallest absolute Gasteiger partial charge is 0.218 e. The first kappa shape index (κ1) is 9.02. The molecule has 0 saturated carbocycles. The number of nitrogens with two attached hydrogens (primary N) is 2. The van der Waals surface area contributed by atoms with Crippen LogP contribution in [0.15, 0.2) is 24.5 Å². The Bertz CT molecular complexity index is 536. The maximum atomic E-state index is 8.78. The van der Waals surface area contributed by atoms with Crippen molar-refractivity contribution in [1.82, 2.24) is 14.5 Å². The van der Waals surface area contributed by atoms with Gasteiger partial charge in [-0.2, -0.15) is 5.26 Å². The van der Waals surface area contributed by atoms with Crippen LogP contribution in [-0.4, -0.2) is 14.5 Å². The number of hydrogen-bond donors (Lipinski definition) is 2. The zero-order valence-corrected chi connectivity index (χ0v) is 7.75. The number of nitrogen functional groups attached to an aromatic ring is 2. The quantitative estimate of drug-likeness (QED) is 0.688. The molecule has 0 saturated heterocycles. The summed E-state index contributed by atoms with van der Waals surface area (Å²) in [6, 6.07) is 5.26. The molecule has 6 heteroatoms. The van der Waals surface area contributed by atoms with E-state index in [0.717, 1.165) is 0 Å². The van der Waals surface area contributed by atoms with Crippen molar-refractivity contribution in [2.75, 3.05) is 11.5 Å². The highest BCUT2D eigenvalue weighted by molar-refractivity contribution is 5.59. The van der Waals surface area contributed by atoms with Gasteiger partial charge in [-0.3, -0.25) is 4.57 Å². The van der Waals surface area contributed by atoms with Gasteiger partial charge < -0.3 is 11.5 Å². The molecule has 0 aliphatic carbocycles. The Labute approximate surface area is 85.8 Å². The molecule has 0 radical (unpaired) electrons. The highest BCUT2D eigenvalue weighted by atomic mass is 15.1. The summed E-state index contributed by atoms with van der Waals surface area (Å²) in [7, 11) is 0. The average molecular weight is 200 g/mol. The molecule has 2 rings (SSSR count). The van der Waals surface area contributed by atoms with E-state index in [9.17, 15) is 0 Å². The predicted molar refractivity (Wildman–Crippen MR) is 54.9 cm³/mol. The Kier molecular flexibility index (Phi) is 1.99. The number of nitriles is 1. The minimum atomic E-state index is 0.241. The molecule has 4 N–H and O–H groups in total. The maximum Gasteiger partial charge on any atom is 0.218 e. The van der Waals surface area contributed by atoms with Crippen LogP contribution in [-0.2, 0) is 0 Å². The van der Waals surface area contributed by atoms with Crippen molar-refractivity contribution < 1.29 is 0 Å². The zero-order chi connectivity index (χ0) is 10.8. The van der Waals surface area contributed by atoms with E-state index >= 15 is 0 Å². The minimum absolute atomic E-state index is 0.241. The van der Waals surface area contributed by atoms with Crippen molar-refractivity contribution in [3.8, 4) is 11.9 Å². The lowest BCUT2D eigenvalue weighted by Gasteiger charge is -2.04. The number of nitrogens with zero attached hydrogens (tertiary/aromatic N) is 4. The fourth-order valence-electron chi connectivity index (χ4n) is 1.18. The molecule has 2 aromatic rings. The Balaban J connectivity index is 2.56. The molecule has 2 aromatic heterocycles. The van der Waals surface area contributed by atoms with Crippen LogP contribution in [0.25, 0.3) is 5.82 Å². The number of pyridine rings is 1. The van der Waals surface area contributed by atoms with Crippen molar-refractivity contribution in [3.63, 3.8) is 0 Å². The molecule has 2 heterocycles. The number of aromatic nitrogens is 3. The van der Waals surface area contributed by atoms with Gasteiger partial charge in [0.15, 0.2) is 0 Å². The second-order valence-electron chi connectivity index (χ2n) is 2.88. The molecule has 15 heavy (non-hydrogen) atoms. The van der Waals surface area contributed by atoms with E-state index in [1.54, 1.807) is 18.3 Å². The monoisotopic (exact) mass is 200 g/mol. The lowest BCUT2D eigenvalue weighted by Crippen LogP contribution is -2.04. The molecule has 0 unspecified atom stereocenters. The van der Waals surface area contributed by atoms with Crippen LogP contribution in [0, 0.1) is 11.3 Å². The van der Waals surface area contributed by atoms with Gasteiger partial charge >= 0.3 is 0 Å². The average Bonchev–Trinajstić information content (AvgIpc) is 2.70. The second-order valence-corrected chi connectivity index (χ2v) is 2.88. The Morgan fingerprint density at radius 2 is 2.13 bits per heavy atom. The summed E-state index contributed by atoms with van der Waals surface area (Å²) in [5.41, 5.74) is 11.5. The van der Waals surface area contributed by atoms with Crippen LogP contribution >= 0.6 is 0 Å². The molecule has 0 aliphatic rings. The third-order valence-corrected chi connectivity index (χ3v) is 1.93. The van der Waals surface area contributed by atoms with E-state index in [0.29, 0.717) is 11.5 Å². The first-order valence-corrected chi connectivity index (χ1v) is 4.18.